The molecule has 2 aliphatic heterocycles. The molecular formula is C26H30ClF5N4O2. The second-order valence-electron chi connectivity index (χ2n) is 9.66. The molecule has 2 aromatic carbocycles. The summed E-state index contributed by atoms with van der Waals surface area (Å²) in [5.74, 6) is -3.20. The Labute approximate surface area is 223 Å². The zero-order valence-corrected chi connectivity index (χ0v) is 21.5. The molecule has 4 rings (SSSR count). The van der Waals surface area contributed by atoms with Crippen LogP contribution in [0.4, 0.5) is 33.3 Å². The molecule has 0 spiro atoms. The van der Waals surface area contributed by atoms with Gasteiger partial charge in [-0.1, -0.05) is 17.7 Å². The maximum Gasteiger partial charge on any atom is 0.390 e. The fourth-order valence-electron chi connectivity index (χ4n) is 4.97. The number of aliphatic hydroxyl groups excluding tert-OH is 1. The first kappa shape index (κ1) is 28.5. The number of alkyl halides is 3. The van der Waals surface area contributed by atoms with Crippen LogP contribution in [-0.2, 0) is 6.54 Å². The van der Waals surface area contributed by atoms with E-state index in [1.165, 1.54) is 12.1 Å². The van der Waals surface area contributed by atoms with Crippen LogP contribution in [0, 0.1) is 11.6 Å². The lowest BCUT2D eigenvalue weighted by Crippen LogP contribution is -2.47. The summed E-state index contributed by atoms with van der Waals surface area (Å²) in [7, 11) is 0. The van der Waals surface area contributed by atoms with Crippen LogP contribution in [0.25, 0.3) is 0 Å². The van der Waals surface area contributed by atoms with Gasteiger partial charge in [0, 0.05) is 55.9 Å². The topological polar surface area (TPSA) is 59.1 Å². The van der Waals surface area contributed by atoms with Gasteiger partial charge in [0.2, 0.25) is 0 Å². The Balaban J connectivity index is 1.45. The van der Waals surface area contributed by atoms with Gasteiger partial charge in [-0.05, 0) is 43.7 Å². The van der Waals surface area contributed by atoms with E-state index in [0.29, 0.717) is 49.1 Å². The number of carbonyl (C=O) groups excluding carboxylic acids is 1. The van der Waals surface area contributed by atoms with Gasteiger partial charge in [0.15, 0.2) is 11.6 Å². The molecule has 1 amide bonds. The Morgan fingerprint density at radius 2 is 1.79 bits per heavy atom. The van der Waals surface area contributed by atoms with E-state index in [9.17, 15) is 31.9 Å². The van der Waals surface area contributed by atoms with Crippen LogP contribution in [-0.4, -0.2) is 78.9 Å². The van der Waals surface area contributed by atoms with Crippen LogP contribution < -0.4 is 10.2 Å². The predicted molar refractivity (Wildman–Crippen MR) is 136 cm³/mol. The molecule has 12 heteroatoms. The van der Waals surface area contributed by atoms with Gasteiger partial charge in [0.1, 0.15) is 0 Å². The highest BCUT2D eigenvalue weighted by atomic mass is 35.5. The van der Waals surface area contributed by atoms with Crippen molar-refractivity contribution in [2.24, 2.45) is 0 Å². The van der Waals surface area contributed by atoms with Gasteiger partial charge in [-0.3, -0.25) is 14.6 Å². The quantitative estimate of drug-likeness (QED) is 0.450. The van der Waals surface area contributed by atoms with Crippen molar-refractivity contribution in [3.63, 3.8) is 0 Å². The molecule has 0 unspecified atom stereocenters. The lowest BCUT2D eigenvalue weighted by molar-refractivity contribution is -0.138. The number of nitrogens with zero attached hydrogens (tertiary/aromatic N) is 3. The Hall–Kier alpha value is -2.47. The molecule has 0 aliphatic carbocycles. The summed E-state index contributed by atoms with van der Waals surface area (Å²) in [6.07, 6.45) is -3.45. The number of rotatable bonds is 8. The smallest absolute Gasteiger partial charge is 0.390 e. The van der Waals surface area contributed by atoms with Gasteiger partial charge < -0.3 is 15.3 Å². The van der Waals surface area contributed by atoms with Gasteiger partial charge in [-0.2, -0.15) is 13.2 Å². The van der Waals surface area contributed by atoms with Crippen molar-refractivity contribution in [1.29, 1.82) is 0 Å². The molecule has 38 heavy (non-hydrogen) atoms. The molecular weight excluding hydrogens is 531 g/mol. The fraction of sp³-hybridized carbons (Fsp3) is 0.500. The molecule has 2 fully saturated rings. The third-order valence-electron chi connectivity index (χ3n) is 7.12. The van der Waals surface area contributed by atoms with Gasteiger partial charge in [-0.25, -0.2) is 8.78 Å². The Morgan fingerprint density at radius 3 is 2.47 bits per heavy atom. The normalized spacial score (nSPS) is 19.2. The summed E-state index contributed by atoms with van der Waals surface area (Å²) < 4.78 is 67.5. The third-order valence-corrected chi connectivity index (χ3v) is 7.36. The lowest BCUT2D eigenvalue weighted by Gasteiger charge is -2.37. The predicted octanol–water partition coefficient (Wildman–Crippen LogP) is 4.90. The van der Waals surface area contributed by atoms with E-state index < -0.39 is 35.7 Å². The largest absolute Gasteiger partial charge is 0.395 e. The van der Waals surface area contributed by atoms with Crippen molar-refractivity contribution in [1.82, 2.24) is 9.80 Å². The number of likely N-dealkylation sites (tertiary alicyclic amines) is 1. The van der Waals surface area contributed by atoms with Gasteiger partial charge in [-0.15, -0.1) is 0 Å². The van der Waals surface area contributed by atoms with Gasteiger partial charge in [0.05, 0.1) is 30.0 Å². The summed E-state index contributed by atoms with van der Waals surface area (Å²) >= 11 is 6.17. The van der Waals surface area contributed by atoms with Crippen molar-refractivity contribution >= 4 is 28.9 Å². The number of amides is 1. The first-order valence-corrected chi connectivity index (χ1v) is 12.9. The van der Waals surface area contributed by atoms with E-state index in [2.05, 4.69) is 5.32 Å². The Bertz CT molecular complexity index is 1140. The minimum absolute atomic E-state index is 0.0589. The zero-order valence-electron chi connectivity index (χ0n) is 20.7. The summed E-state index contributed by atoms with van der Waals surface area (Å²) in [4.78, 5) is 18.5. The molecule has 2 heterocycles. The van der Waals surface area contributed by atoms with Crippen molar-refractivity contribution in [3.8, 4) is 0 Å². The molecule has 0 bridgehead atoms. The number of halogens is 6. The summed E-state index contributed by atoms with van der Waals surface area (Å²) in [6, 6.07) is 7.24. The van der Waals surface area contributed by atoms with Crippen molar-refractivity contribution < 1.29 is 31.9 Å². The molecule has 2 saturated heterocycles. The zero-order chi connectivity index (χ0) is 27.4. The number of hydrogen-bond acceptors (Lipinski definition) is 5. The number of aliphatic hydroxyl groups is 1. The van der Waals surface area contributed by atoms with Gasteiger partial charge >= 0.3 is 6.18 Å². The first-order chi connectivity index (χ1) is 18.1. The van der Waals surface area contributed by atoms with E-state index in [4.69, 9.17) is 11.6 Å². The molecule has 2 aliphatic rings. The van der Waals surface area contributed by atoms with Crippen LogP contribution in [0.15, 0.2) is 30.3 Å². The summed E-state index contributed by atoms with van der Waals surface area (Å²) in [5.41, 5.74) is 0.525. The summed E-state index contributed by atoms with van der Waals surface area (Å²) in [5, 5.41) is 12.5. The highest BCUT2D eigenvalue weighted by molar-refractivity contribution is 6.31. The van der Waals surface area contributed by atoms with Crippen LogP contribution in [0.5, 0.6) is 0 Å². The highest BCUT2D eigenvalue weighted by Gasteiger charge is 2.30. The number of anilines is 2. The molecule has 2 N–H and O–H groups in total. The van der Waals surface area contributed by atoms with E-state index in [0.717, 1.165) is 12.8 Å². The fourth-order valence-corrected chi connectivity index (χ4v) is 5.14. The molecule has 0 radical (unpaired) electrons. The van der Waals surface area contributed by atoms with E-state index in [1.807, 2.05) is 9.80 Å². The summed E-state index contributed by atoms with van der Waals surface area (Å²) in [6.45, 7) is 2.26. The number of nitrogens with one attached hydrogen (secondary N) is 1. The van der Waals surface area contributed by atoms with Crippen LogP contribution >= 0.6 is 11.6 Å². The monoisotopic (exact) mass is 560 g/mol. The van der Waals surface area contributed by atoms with Gasteiger partial charge in [0.25, 0.3) is 5.91 Å². The van der Waals surface area contributed by atoms with Crippen LogP contribution in [0.2, 0.25) is 5.02 Å². The average molecular weight is 561 g/mol. The highest BCUT2D eigenvalue weighted by Crippen LogP contribution is 2.32. The Morgan fingerprint density at radius 1 is 1.05 bits per heavy atom. The van der Waals surface area contributed by atoms with Crippen LogP contribution in [0.3, 0.4) is 0 Å². The first-order valence-electron chi connectivity index (χ1n) is 12.5. The second-order valence-corrected chi connectivity index (χ2v) is 10.1. The maximum absolute atomic E-state index is 15.0. The number of piperazine rings is 1. The molecule has 1 atom stereocenters. The average Bonchev–Trinajstić information content (AvgIpc) is 3.33. The van der Waals surface area contributed by atoms with E-state index >= 15 is 0 Å². The van der Waals surface area contributed by atoms with E-state index in [-0.39, 0.29) is 31.3 Å². The Kier molecular flexibility index (Phi) is 9.12. The molecule has 6 nitrogen and oxygen atoms in total. The van der Waals surface area contributed by atoms with E-state index in [1.54, 1.807) is 23.1 Å². The molecule has 0 saturated carbocycles. The van der Waals surface area contributed by atoms with Crippen molar-refractivity contribution in [3.05, 3.63) is 58.1 Å². The minimum Gasteiger partial charge on any atom is -0.395 e. The number of carbonyl (C=O) groups is 1. The SMILES string of the molecule is O=C(Nc1ccc(Cl)cc1N1CCN(CCC(F)(F)F)CC1)c1ccc(CN2CCC[C@H]2CO)c(F)c1F. The standard InChI is InChI=1S/C26H30ClF5N4O2/c27-18-4-6-21(22(14-18)35-12-10-34(11-13-35)9-7-26(30,31)32)33-25(38)20-5-3-17(23(28)24(20)29)15-36-8-1-2-19(36)16-37/h3-6,14,19,37H,1-2,7-13,15-16H2,(H,33,38)/t19-/m0/s1. The molecule has 2 aromatic rings. The van der Waals surface area contributed by atoms with Crippen molar-refractivity contribution in [2.75, 3.05) is 56.1 Å². The number of hydrogen-bond donors (Lipinski definition) is 2. The third kappa shape index (κ3) is 6.93. The second kappa shape index (κ2) is 12.1. The van der Waals surface area contributed by atoms with Crippen LogP contribution in [0.1, 0.15) is 35.2 Å². The lowest BCUT2D eigenvalue weighted by atomic mass is 10.1. The minimum atomic E-state index is -4.22. The molecule has 0 aromatic heterocycles. The maximum atomic E-state index is 15.0. The molecule has 208 valence electrons. The van der Waals surface area contributed by atoms with Crippen molar-refractivity contribution in [2.45, 2.75) is 38.0 Å². The number of benzene rings is 2.